The van der Waals surface area contributed by atoms with Gasteiger partial charge in [0.15, 0.2) is 0 Å². The number of hydrogen-bond donors (Lipinski definition) is 2. The minimum Gasteiger partial charge on any atom is -0.512 e. The van der Waals surface area contributed by atoms with Gasteiger partial charge in [-0.2, -0.15) is 0 Å². The number of nitrogens with zero attached hydrogens (tertiary/aromatic N) is 2. The summed E-state index contributed by atoms with van der Waals surface area (Å²) in [5.74, 6) is -0.442. The van der Waals surface area contributed by atoms with Crippen LogP contribution < -0.4 is 4.90 Å². The Balaban J connectivity index is 3.17. The lowest BCUT2D eigenvalue weighted by Gasteiger charge is -2.26. The van der Waals surface area contributed by atoms with E-state index in [1.165, 1.54) is 6.92 Å². The van der Waals surface area contributed by atoms with Crippen molar-refractivity contribution < 1.29 is 9.90 Å². The number of amides is 1. The summed E-state index contributed by atoms with van der Waals surface area (Å²) in [7, 11) is 3.88. The van der Waals surface area contributed by atoms with Gasteiger partial charge in [-0.05, 0) is 39.6 Å². The minimum absolute atomic E-state index is 0.0881. The zero-order valence-electron chi connectivity index (χ0n) is 13.8. The Morgan fingerprint density at radius 2 is 1.77 bits per heavy atom. The third-order valence-electron chi connectivity index (χ3n) is 3.31. The smallest absolute Gasteiger partial charge is 0.263 e. The molecule has 22 heavy (non-hydrogen) atoms. The molecular formula is C17H25N3O2. The third-order valence-corrected chi connectivity index (χ3v) is 3.31. The molecule has 0 fully saturated rings. The second kappa shape index (κ2) is 8.34. The molecule has 120 valence electrons. The average Bonchev–Trinajstić information content (AvgIpc) is 2.47. The molecule has 0 heterocycles. The van der Waals surface area contributed by atoms with Crippen molar-refractivity contribution in [3.8, 4) is 0 Å². The third kappa shape index (κ3) is 4.70. The quantitative estimate of drug-likeness (QED) is 0.462. The molecule has 0 aliphatic carbocycles. The van der Waals surface area contributed by atoms with E-state index in [9.17, 15) is 9.90 Å². The molecule has 1 aromatic rings. The van der Waals surface area contributed by atoms with Crippen LogP contribution >= 0.6 is 0 Å². The molecule has 0 saturated carbocycles. The van der Waals surface area contributed by atoms with Crippen LogP contribution in [0.5, 0.6) is 0 Å². The maximum absolute atomic E-state index is 12.8. The van der Waals surface area contributed by atoms with E-state index in [-0.39, 0.29) is 23.0 Å². The van der Waals surface area contributed by atoms with E-state index >= 15 is 0 Å². The van der Waals surface area contributed by atoms with Crippen molar-refractivity contribution in [3.05, 3.63) is 41.7 Å². The van der Waals surface area contributed by atoms with Gasteiger partial charge in [-0.1, -0.05) is 25.1 Å². The maximum atomic E-state index is 12.8. The molecule has 0 atom stereocenters. The summed E-state index contributed by atoms with van der Waals surface area (Å²) in [6.07, 6.45) is 0.398. The molecule has 0 spiro atoms. The largest absolute Gasteiger partial charge is 0.512 e. The number of para-hydroxylation sites is 1. The SMILES string of the molecule is CCC(=N)C(C(=O)N(CCN(C)C)c1ccccc1)=C(C)O. The maximum Gasteiger partial charge on any atom is 0.263 e. The molecule has 0 unspecified atom stereocenters. The van der Waals surface area contributed by atoms with Gasteiger partial charge < -0.3 is 20.3 Å². The van der Waals surface area contributed by atoms with E-state index in [1.807, 2.05) is 49.3 Å². The fraction of sp³-hybridized carbons (Fsp3) is 0.412. The first-order chi connectivity index (χ1) is 10.4. The Morgan fingerprint density at radius 3 is 2.23 bits per heavy atom. The number of benzene rings is 1. The number of carbonyl (C=O) groups is 1. The summed E-state index contributed by atoms with van der Waals surface area (Å²) in [4.78, 5) is 16.4. The van der Waals surface area contributed by atoms with Gasteiger partial charge in [0.05, 0.1) is 5.57 Å². The Kier molecular flexibility index (Phi) is 6.79. The van der Waals surface area contributed by atoms with E-state index in [4.69, 9.17) is 5.41 Å². The fourth-order valence-corrected chi connectivity index (χ4v) is 2.07. The molecule has 0 radical (unpaired) electrons. The Labute approximate surface area is 132 Å². The number of hydrogen-bond acceptors (Lipinski definition) is 4. The molecule has 0 aromatic heterocycles. The van der Waals surface area contributed by atoms with Gasteiger partial charge in [0.2, 0.25) is 0 Å². The number of anilines is 1. The lowest BCUT2D eigenvalue weighted by Crippen LogP contribution is -2.39. The standard InChI is InChI=1S/C17H25N3O2/c1-5-15(18)16(13(2)21)17(22)20(12-11-19(3)4)14-9-7-6-8-10-14/h6-10,18,21H,5,11-12H2,1-4H3. The molecule has 1 aromatic carbocycles. The van der Waals surface area contributed by atoms with Crippen LogP contribution in [0.2, 0.25) is 0 Å². The van der Waals surface area contributed by atoms with Gasteiger partial charge in [0.1, 0.15) is 5.76 Å². The summed E-state index contributed by atoms with van der Waals surface area (Å²) in [5, 5.41) is 17.8. The number of nitrogens with one attached hydrogen (secondary N) is 1. The molecule has 0 bridgehead atoms. The van der Waals surface area contributed by atoms with Gasteiger partial charge >= 0.3 is 0 Å². The Bertz CT molecular complexity index is 546. The van der Waals surface area contributed by atoms with Crippen LogP contribution in [0.3, 0.4) is 0 Å². The lowest BCUT2D eigenvalue weighted by atomic mass is 10.1. The monoisotopic (exact) mass is 303 g/mol. The first kappa shape index (κ1) is 17.9. The highest BCUT2D eigenvalue weighted by Gasteiger charge is 2.24. The number of likely N-dealkylation sites (N-methyl/N-ethyl adjacent to an activating group) is 1. The van der Waals surface area contributed by atoms with Crippen LogP contribution in [0.25, 0.3) is 0 Å². The van der Waals surface area contributed by atoms with Gasteiger partial charge in [-0.15, -0.1) is 0 Å². The van der Waals surface area contributed by atoms with Gasteiger partial charge in [-0.25, -0.2) is 0 Å². The minimum atomic E-state index is -0.333. The summed E-state index contributed by atoms with van der Waals surface area (Å²) in [5.41, 5.74) is 0.998. The molecule has 0 aliphatic heterocycles. The number of aliphatic hydroxyl groups is 1. The number of carbonyl (C=O) groups excluding carboxylic acids is 1. The first-order valence-corrected chi connectivity index (χ1v) is 7.37. The molecule has 2 N–H and O–H groups in total. The lowest BCUT2D eigenvalue weighted by molar-refractivity contribution is -0.114. The first-order valence-electron chi connectivity index (χ1n) is 7.37. The van der Waals surface area contributed by atoms with Crippen molar-refractivity contribution in [3.63, 3.8) is 0 Å². The summed E-state index contributed by atoms with van der Waals surface area (Å²) in [6.45, 7) is 4.43. The fourth-order valence-electron chi connectivity index (χ4n) is 2.07. The average molecular weight is 303 g/mol. The van der Waals surface area contributed by atoms with Crippen LogP contribution in [-0.4, -0.2) is 48.8 Å². The van der Waals surface area contributed by atoms with Crippen LogP contribution in [-0.2, 0) is 4.79 Å². The highest BCUT2D eigenvalue weighted by molar-refractivity contribution is 6.25. The normalized spacial score (nSPS) is 12.0. The highest BCUT2D eigenvalue weighted by Crippen LogP contribution is 2.18. The van der Waals surface area contributed by atoms with E-state index in [2.05, 4.69) is 0 Å². The molecule has 1 rings (SSSR count). The Hall–Kier alpha value is -2.14. The Morgan fingerprint density at radius 1 is 1.18 bits per heavy atom. The molecule has 5 nitrogen and oxygen atoms in total. The highest BCUT2D eigenvalue weighted by atomic mass is 16.3. The zero-order valence-corrected chi connectivity index (χ0v) is 13.8. The van der Waals surface area contributed by atoms with Gasteiger partial charge in [0.25, 0.3) is 5.91 Å². The van der Waals surface area contributed by atoms with Crippen LogP contribution in [0.4, 0.5) is 5.69 Å². The molecule has 1 amide bonds. The second-order valence-corrected chi connectivity index (χ2v) is 5.39. The van der Waals surface area contributed by atoms with Gasteiger partial charge in [0, 0.05) is 24.5 Å². The van der Waals surface area contributed by atoms with Gasteiger partial charge in [-0.3, -0.25) is 4.79 Å². The van der Waals surface area contributed by atoms with E-state index < -0.39 is 0 Å². The van der Waals surface area contributed by atoms with Crippen LogP contribution in [0.15, 0.2) is 41.7 Å². The molecular weight excluding hydrogens is 278 g/mol. The van der Waals surface area contributed by atoms with Crippen molar-refractivity contribution in [2.45, 2.75) is 20.3 Å². The van der Waals surface area contributed by atoms with Crippen LogP contribution in [0.1, 0.15) is 20.3 Å². The number of allylic oxidation sites excluding steroid dienone is 1. The summed E-state index contributed by atoms with van der Waals surface area (Å²) in [6, 6.07) is 9.33. The van der Waals surface area contributed by atoms with Crippen molar-refractivity contribution in [2.24, 2.45) is 0 Å². The zero-order chi connectivity index (χ0) is 16.7. The van der Waals surface area contributed by atoms with Crippen molar-refractivity contribution >= 4 is 17.3 Å². The van der Waals surface area contributed by atoms with E-state index in [1.54, 1.807) is 11.8 Å². The molecule has 5 heteroatoms. The summed E-state index contributed by atoms with van der Waals surface area (Å²) < 4.78 is 0. The van der Waals surface area contributed by atoms with E-state index in [0.717, 1.165) is 5.69 Å². The summed E-state index contributed by atoms with van der Waals surface area (Å²) >= 11 is 0. The number of aliphatic hydroxyl groups excluding tert-OH is 1. The van der Waals surface area contributed by atoms with Crippen LogP contribution in [0, 0.1) is 5.41 Å². The van der Waals surface area contributed by atoms with Crippen molar-refractivity contribution in [1.29, 1.82) is 5.41 Å². The number of rotatable bonds is 7. The van der Waals surface area contributed by atoms with Crippen molar-refractivity contribution in [2.75, 3.05) is 32.1 Å². The predicted molar refractivity (Wildman–Crippen MR) is 90.7 cm³/mol. The molecule has 0 saturated heterocycles. The van der Waals surface area contributed by atoms with E-state index in [0.29, 0.717) is 19.5 Å². The predicted octanol–water partition coefficient (Wildman–Crippen LogP) is 2.84. The van der Waals surface area contributed by atoms with Crippen molar-refractivity contribution in [1.82, 2.24) is 4.90 Å². The molecule has 0 aliphatic rings. The topological polar surface area (TPSA) is 67.6 Å². The second-order valence-electron chi connectivity index (χ2n) is 5.39.